The lowest BCUT2D eigenvalue weighted by Crippen LogP contribution is -2.40. The summed E-state index contributed by atoms with van der Waals surface area (Å²) in [5.41, 5.74) is 8.19. The van der Waals surface area contributed by atoms with E-state index < -0.39 is 0 Å². The maximum absolute atomic E-state index is 12.3. The van der Waals surface area contributed by atoms with Gasteiger partial charge in [0.15, 0.2) is 0 Å². The molecule has 1 amide bonds. The number of aromatic nitrogens is 1. The third kappa shape index (κ3) is 4.16. The molecule has 122 valence electrons. The van der Waals surface area contributed by atoms with E-state index in [4.69, 9.17) is 0 Å². The van der Waals surface area contributed by atoms with Gasteiger partial charge in [0.1, 0.15) is 11.0 Å². The summed E-state index contributed by atoms with van der Waals surface area (Å²) in [6.45, 7) is 4.39. The van der Waals surface area contributed by atoms with Crippen molar-refractivity contribution in [3.63, 3.8) is 0 Å². The van der Waals surface area contributed by atoms with Gasteiger partial charge in [-0.15, -0.1) is 11.3 Å². The van der Waals surface area contributed by atoms with Crippen LogP contribution in [0.15, 0.2) is 35.8 Å². The van der Waals surface area contributed by atoms with E-state index in [1.54, 1.807) is 17.5 Å². The van der Waals surface area contributed by atoms with Crippen LogP contribution in [0.5, 0.6) is 0 Å². The predicted octanol–water partition coefficient (Wildman–Crippen LogP) is 3.03. The van der Waals surface area contributed by atoms with Crippen molar-refractivity contribution in [2.45, 2.75) is 38.8 Å². The van der Waals surface area contributed by atoms with Crippen LogP contribution >= 0.6 is 11.3 Å². The van der Waals surface area contributed by atoms with Gasteiger partial charge in [-0.2, -0.15) is 0 Å². The van der Waals surface area contributed by atoms with Gasteiger partial charge in [-0.05, 0) is 43.0 Å². The Hall–Kier alpha value is -1.76. The molecule has 0 saturated carbocycles. The summed E-state index contributed by atoms with van der Waals surface area (Å²) in [5.74, 6) is 0.625. The molecule has 0 spiro atoms. The largest absolute Gasteiger partial charge is 0.325 e. The molecular formula is C17H22N4OS. The number of hydrazine groups is 1. The maximum Gasteiger partial charge on any atom is 0.242 e. The number of carbonyl (C=O) groups excluding carboxylic acids is 1. The number of anilines is 1. The lowest BCUT2D eigenvalue weighted by atomic mass is 10.00. The van der Waals surface area contributed by atoms with Gasteiger partial charge in [0.05, 0.1) is 0 Å². The van der Waals surface area contributed by atoms with Gasteiger partial charge in [-0.25, -0.2) is 10.4 Å². The van der Waals surface area contributed by atoms with Crippen LogP contribution in [0.25, 0.3) is 10.6 Å². The Labute approximate surface area is 140 Å². The summed E-state index contributed by atoms with van der Waals surface area (Å²) < 4.78 is 0. The Morgan fingerprint density at radius 3 is 2.78 bits per heavy atom. The first-order valence-corrected chi connectivity index (χ1v) is 8.81. The molecule has 1 saturated heterocycles. The van der Waals surface area contributed by atoms with E-state index in [1.807, 2.05) is 29.6 Å². The molecule has 6 heteroatoms. The molecule has 0 aliphatic carbocycles. The van der Waals surface area contributed by atoms with E-state index in [9.17, 15) is 4.79 Å². The topological polar surface area (TPSA) is 66.0 Å². The standard InChI is InChI=1S/C17H22N4OS/c1-11(2)9-14-10-15(21-20-14)16(22)19-13-5-3-12(4-6-13)17-18-7-8-23-17/h3-8,11,14-15,20-21H,9-10H2,1-2H3,(H,19,22). The second-order valence-electron chi connectivity index (χ2n) is 6.31. The predicted molar refractivity (Wildman–Crippen MR) is 94.1 cm³/mol. The van der Waals surface area contributed by atoms with Crippen molar-refractivity contribution in [1.29, 1.82) is 0 Å². The number of hydrogen-bond acceptors (Lipinski definition) is 5. The number of nitrogens with zero attached hydrogens (tertiary/aromatic N) is 1. The van der Waals surface area contributed by atoms with Crippen molar-refractivity contribution in [3.05, 3.63) is 35.8 Å². The molecule has 0 bridgehead atoms. The highest BCUT2D eigenvalue weighted by Gasteiger charge is 2.29. The Balaban J connectivity index is 1.56. The number of thiazole rings is 1. The summed E-state index contributed by atoms with van der Waals surface area (Å²) in [4.78, 5) is 16.6. The van der Waals surface area contributed by atoms with Crippen molar-refractivity contribution in [3.8, 4) is 10.6 Å². The molecule has 1 aromatic carbocycles. The highest BCUT2D eigenvalue weighted by Crippen LogP contribution is 2.23. The van der Waals surface area contributed by atoms with Gasteiger partial charge in [-0.1, -0.05) is 13.8 Å². The summed E-state index contributed by atoms with van der Waals surface area (Å²) in [6.07, 6.45) is 3.68. The quantitative estimate of drug-likeness (QED) is 0.788. The van der Waals surface area contributed by atoms with E-state index in [0.29, 0.717) is 12.0 Å². The SMILES string of the molecule is CC(C)CC1CC(C(=O)Nc2ccc(-c3nccs3)cc2)NN1. The third-order valence-corrected chi connectivity index (χ3v) is 4.71. The number of benzene rings is 1. The van der Waals surface area contributed by atoms with Gasteiger partial charge in [0, 0.05) is 28.9 Å². The zero-order chi connectivity index (χ0) is 16.2. The van der Waals surface area contributed by atoms with Crippen molar-refractivity contribution >= 4 is 22.9 Å². The molecule has 1 aliphatic rings. The first-order valence-electron chi connectivity index (χ1n) is 7.93. The highest BCUT2D eigenvalue weighted by molar-refractivity contribution is 7.13. The minimum absolute atomic E-state index is 0.00533. The summed E-state index contributed by atoms with van der Waals surface area (Å²) in [5, 5.41) is 5.91. The minimum atomic E-state index is -0.183. The molecule has 2 unspecified atom stereocenters. The molecule has 0 radical (unpaired) electrons. The van der Waals surface area contributed by atoms with E-state index in [1.165, 1.54) is 0 Å². The fourth-order valence-electron chi connectivity index (χ4n) is 2.81. The van der Waals surface area contributed by atoms with Gasteiger partial charge < -0.3 is 5.32 Å². The number of hydrogen-bond donors (Lipinski definition) is 3. The van der Waals surface area contributed by atoms with Crippen molar-refractivity contribution in [2.75, 3.05) is 5.32 Å². The Morgan fingerprint density at radius 1 is 1.35 bits per heavy atom. The lowest BCUT2D eigenvalue weighted by Gasteiger charge is -2.12. The van der Waals surface area contributed by atoms with Crippen LogP contribution in [0.2, 0.25) is 0 Å². The molecule has 2 aromatic rings. The lowest BCUT2D eigenvalue weighted by molar-refractivity contribution is -0.117. The van der Waals surface area contributed by atoms with Crippen LogP contribution < -0.4 is 16.2 Å². The molecule has 1 aliphatic heterocycles. The van der Waals surface area contributed by atoms with Crippen LogP contribution in [0.4, 0.5) is 5.69 Å². The molecule has 23 heavy (non-hydrogen) atoms. The number of amides is 1. The first kappa shape index (κ1) is 16.1. The average Bonchev–Trinajstić information content (AvgIpc) is 3.19. The van der Waals surface area contributed by atoms with Crippen LogP contribution in [-0.2, 0) is 4.79 Å². The summed E-state index contributed by atoms with van der Waals surface area (Å²) in [6, 6.07) is 7.98. The average molecular weight is 330 g/mol. The Kier molecular flexibility index (Phi) is 5.05. The van der Waals surface area contributed by atoms with Gasteiger partial charge in [0.2, 0.25) is 5.91 Å². The Morgan fingerprint density at radius 2 is 2.13 bits per heavy atom. The van der Waals surface area contributed by atoms with Crippen LogP contribution in [-0.4, -0.2) is 23.0 Å². The molecule has 1 fully saturated rings. The van der Waals surface area contributed by atoms with Crippen LogP contribution in [0.1, 0.15) is 26.7 Å². The van der Waals surface area contributed by atoms with Crippen molar-refractivity contribution < 1.29 is 4.79 Å². The van der Waals surface area contributed by atoms with E-state index >= 15 is 0 Å². The third-order valence-electron chi connectivity index (χ3n) is 3.89. The van der Waals surface area contributed by atoms with Crippen molar-refractivity contribution in [1.82, 2.24) is 15.8 Å². The number of nitrogens with one attached hydrogen (secondary N) is 3. The zero-order valence-electron chi connectivity index (χ0n) is 13.4. The summed E-state index contributed by atoms with van der Waals surface area (Å²) in [7, 11) is 0. The fraction of sp³-hybridized carbons (Fsp3) is 0.412. The van der Waals surface area contributed by atoms with Gasteiger partial charge in [0.25, 0.3) is 0 Å². The maximum atomic E-state index is 12.3. The molecule has 3 rings (SSSR count). The van der Waals surface area contributed by atoms with Gasteiger partial charge >= 0.3 is 0 Å². The molecule has 3 N–H and O–H groups in total. The normalized spacial score (nSPS) is 20.8. The first-order chi connectivity index (χ1) is 11.1. The zero-order valence-corrected chi connectivity index (χ0v) is 14.2. The smallest absolute Gasteiger partial charge is 0.242 e. The molecule has 1 aromatic heterocycles. The second-order valence-corrected chi connectivity index (χ2v) is 7.20. The molecular weight excluding hydrogens is 308 g/mol. The molecule has 5 nitrogen and oxygen atoms in total. The second kappa shape index (κ2) is 7.21. The Bertz CT molecular complexity index is 639. The van der Waals surface area contributed by atoms with E-state index in [0.717, 1.165) is 29.1 Å². The number of rotatable bonds is 5. The molecule has 2 atom stereocenters. The fourth-order valence-corrected chi connectivity index (χ4v) is 3.45. The van der Waals surface area contributed by atoms with Crippen LogP contribution in [0.3, 0.4) is 0 Å². The van der Waals surface area contributed by atoms with Gasteiger partial charge in [-0.3, -0.25) is 10.2 Å². The van der Waals surface area contributed by atoms with Crippen molar-refractivity contribution in [2.24, 2.45) is 5.92 Å². The van der Waals surface area contributed by atoms with E-state index in [-0.39, 0.29) is 11.9 Å². The molecule has 2 heterocycles. The van der Waals surface area contributed by atoms with E-state index in [2.05, 4.69) is 35.0 Å². The minimum Gasteiger partial charge on any atom is -0.325 e. The van der Waals surface area contributed by atoms with Crippen LogP contribution in [0, 0.1) is 5.92 Å². The summed E-state index contributed by atoms with van der Waals surface area (Å²) >= 11 is 1.60. The monoisotopic (exact) mass is 330 g/mol. The number of carbonyl (C=O) groups is 1. The highest BCUT2D eigenvalue weighted by atomic mass is 32.1.